The summed E-state index contributed by atoms with van der Waals surface area (Å²) in [5, 5.41) is 0. The monoisotopic (exact) mass is 528 g/mol. The Morgan fingerprint density at radius 1 is 0.378 bits per heavy atom. The summed E-state index contributed by atoms with van der Waals surface area (Å²) in [6.07, 6.45) is 13.3. The van der Waals surface area contributed by atoms with E-state index in [1.54, 1.807) is 0 Å². The first kappa shape index (κ1) is 34.9. The lowest BCUT2D eigenvalue weighted by molar-refractivity contribution is -0.193. The minimum atomic E-state index is -2.93. The Bertz CT molecular complexity index is 522. The van der Waals surface area contributed by atoms with Crippen molar-refractivity contribution in [2.75, 3.05) is 26.4 Å². The first-order valence-electron chi connectivity index (χ1n) is 14.6. The van der Waals surface area contributed by atoms with Crippen molar-refractivity contribution in [3.05, 3.63) is 0 Å². The van der Waals surface area contributed by atoms with Gasteiger partial charge in [0.05, 0.1) is 26.4 Å². The zero-order valence-electron chi connectivity index (χ0n) is 23.9. The number of carbonyl (C=O) groups excluding carboxylic acids is 4. The van der Waals surface area contributed by atoms with Crippen LogP contribution in [0.1, 0.15) is 130 Å². The van der Waals surface area contributed by atoms with Crippen LogP contribution < -0.4 is 0 Å². The van der Waals surface area contributed by atoms with Gasteiger partial charge >= 0.3 is 29.3 Å². The third kappa shape index (κ3) is 13.8. The van der Waals surface area contributed by atoms with Gasteiger partial charge in [-0.05, 0) is 25.7 Å². The van der Waals surface area contributed by atoms with E-state index in [4.69, 9.17) is 18.9 Å². The molecule has 0 saturated carbocycles. The molecule has 0 N–H and O–H groups in total. The van der Waals surface area contributed by atoms with E-state index in [0.717, 1.165) is 77.0 Å². The van der Waals surface area contributed by atoms with Crippen molar-refractivity contribution in [2.24, 2.45) is 5.41 Å². The van der Waals surface area contributed by atoms with Crippen LogP contribution in [0.25, 0.3) is 0 Å². The van der Waals surface area contributed by atoms with Gasteiger partial charge in [0.25, 0.3) is 0 Å². The summed E-state index contributed by atoms with van der Waals surface area (Å²) in [5.41, 5.74) is -2.93. The van der Waals surface area contributed by atoms with E-state index in [-0.39, 0.29) is 26.4 Å². The second-order valence-electron chi connectivity index (χ2n) is 9.54. The van der Waals surface area contributed by atoms with Crippen LogP contribution in [0.15, 0.2) is 0 Å². The van der Waals surface area contributed by atoms with Crippen molar-refractivity contribution in [3.8, 4) is 0 Å². The minimum absolute atomic E-state index is 0.0159. The van der Waals surface area contributed by atoms with Crippen LogP contribution in [0.2, 0.25) is 0 Å². The van der Waals surface area contributed by atoms with E-state index in [9.17, 15) is 19.2 Å². The Morgan fingerprint density at radius 3 is 0.784 bits per heavy atom. The molecular weight excluding hydrogens is 476 g/mol. The van der Waals surface area contributed by atoms with Gasteiger partial charge in [0.15, 0.2) is 0 Å². The van der Waals surface area contributed by atoms with E-state index in [2.05, 4.69) is 27.7 Å². The van der Waals surface area contributed by atoms with Gasteiger partial charge in [-0.2, -0.15) is 0 Å². The molecule has 0 aromatic carbocycles. The molecule has 0 atom stereocenters. The third-order valence-corrected chi connectivity index (χ3v) is 6.15. The molecule has 0 aromatic rings. The molecule has 0 spiro atoms. The Hall–Kier alpha value is -2.12. The predicted octanol–water partition coefficient (Wildman–Crippen LogP) is 6.47. The number of rotatable bonds is 24. The summed E-state index contributed by atoms with van der Waals surface area (Å²) < 4.78 is 21.2. The molecule has 0 saturated heterocycles. The number of esters is 4. The van der Waals surface area contributed by atoms with E-state index in [1.165, 1.54) is 0 Å². The van der Waals surface area contributed by atoms with Crippen LogP contribution in [-0.2, 0) is 38.1 Å². The standard InChI is InChI=1S/C29H52O8/c1-5-9-13-17-21-34-25(30)29(26(31)35-22-18-14-10-6-2,27(32)36-23-19-15-11-7-3)28(33)37-24-20-16-12-8-4/h5-24H2,1-4H3. The molecule has 0 amide bonds. The van der Waals surface area contributed by atoms with Crippen LogP contribution in [0, 0.1) is 5.41 Å². The molecule has 0 aliphatic rings. The lowest BCUT2D eigenvalue weighted by Gasteiger charge is -2.26. The van der Waals surface area contributed by atoms with Gasteiger partial charge in [-0.1, -0.05) is 105 Å². The highest BCUT2D eigenvalue weighted by molar-refractivity contribution is 6.32. The third-order valence-electron chi connectivity index (χ3n) is 6.15. The molecule has 8 heteroatoms. The van der Waals surface area contributed by atoms with Crippen molar-refractivity contribution in [1.82, 2.24) is 0 Å². The molecule has 0 aliphatic carbocycles. The zero-order valence-corrected chi connectivity index (χ0v) is 23.9. The summed E-state index contributed by atoms with van der Waals surface area (Å²) in [6.45, 7) is 8.16. The first-order valence-corrected chi connectivity index (χ1v) is 14.6. The normalized spacial score (nSPS) is 11.1. The number of unbranched alkanes of at least 4 members (excludes halogenated alkanes) is 12. The van der Waals surface area contributed by atoms with Gasteiger partial charge in [0.2, 0.25) is 0 Å². The lowest BCUT2D eigenvalue weighted by Crippen LogP contribution is -2.56. The Kier molecular flexibility index (Phi) is 21.7. The molecule has 0 heterocycles. The maximum Gasteiger partial charge on any atom is 0.355 e. The fourth-order valence-electron chi connectivity index (χ4n) is 3.71. The molecule has 37 heavy (non-hydrogen) atoms. The van der Waals surface area contributed by atoms with E-state index < -0.39 is 29.3 Å². The summed E-state index contributed by atoms with van der Waals surface area (Å²) in [6, 6.07) is 0. The summed E-state index contributed by atoms with van der Waals surface area (Å²) >= 11 is 0. The topological polar surface area (TPSA) is 105 Å². The molecular formula is C29H52O8. The fraction of sp³-hybridized carbons (Fsp3) is 0.862. The van der Waals surface area contributed by atoms with Crippen LogP contribution in [0.5, 0.6) is 0 Å². The van der Waals surface area contributed by atoms with Crippen LogP contribution in [0.3, 0.4) is 0 Å². The molecule has 0 unspecified atom stereocenters. The van der Waals surface area contributed by atoms with E-state index in [1.807, 2.05) is 0 Å². The largest absolute Gasteiger partial charge is 0.464 e. The van der Waals surface area contributed by atoms with Crippen molar-refractivity contribution in [3.63, 3.8) is 0 Å². The highest BCUT2D eigenvalue weighted by atomic mass is 16.6. The Labute approximate surface area is 224 Å². The maximum absolute atomic E-state index is 13.3. The van der Waals surface area contributed by atoms with Gasteiger partial charge in [0, 0.05) is 0 Å². The summed E-state index contributed by atoms with van der Waals surface area (Å²) in [5.74, 6) is -5.11. The number of ether oxygens (including phenoxy) is 4. The van der Waals surface area contributed by atoms with Crippen LogP contribution >= 0.6 is 0 Å². The zero-order chi connectivity index (χ0) is 27.8. The van der Waals surface area contributed by atoms with Crippen molar-refractivity contribution in [1.29, 1.82) is 0 Å². The molecule has 0 fully saturated rings. The van der Waals surface area contributed by atoms with Gasteiger partial charge in [-0.3, -0.25) is 0 Å². The summed E-state index contributed by atoms with van der Waals surface area (Å²) in [4.78, 5) is 53.2. The number of hydrogen-bond acceptors (Lipinski definition) is 8. The molecule has 216 valence electrons. The molecule has 0 aromatic heterocycles. The second kappa shape index (κ2) is 23.0. The molecule has 0 radical (unpaired) electrons. The minimum Gasteiger partial charge on any atom is -0.464 e. The van der Waals surface area contributed by atoms with Gasteiger partial charge in [0.1, 0.15) is 0 Å². The van der Waals surface area contributed by atoms with Crippen LogP contribution in [0.4, 0.5) is 0 Å². The van der Waals surface area contributed by atoms with Crippen molar-refractivity contribution < 1.29 is 38.1 Å². The quantitative estimate of drug-likeness (QED) is 0.0608. The highest BCUT2D eigenvalue weighted by Gasteiger charge is 2.65. The Balaban J connectivity index is 5.76. The first-order chi connectivity index (χ1) is 17.9. The number of carbonyl (C=O) groups is 4. The number of hydrogen-bond donors (Lipinski definition) is 0. The maximum atomic E-state index is 13.3. The van der Waals surface area contributed by atoms with Crippen molar-refractivity contribution in [2.45, 2.75) is 130 Å². The highest BCUT2D eigenvalue weighted by Crippen LogP contribution is 2.28. The van der Waals surface area contributed by atoms with E-state index >= 15 is 0 Å². The van der Waals surface area contributed by atoms with E-state index in [0.29, 0.717) is 25.7 Å². The van der Waals surface area contributed by atoms with Gasteiger partial charge in [-0.15, -0.1) is 0 Å². The molecule has 0 rings (SSSR count). The molecule has 0 bridgehead atoms. The summed E-state index contributed by atoms with van der Waals surface area (Å²) in [7, 11) is 0. The average Bonchev–Trinajstić information content (AvgIpc) is 2.88. The fourth-order valence-corrected chi connectivity index (χ4v) is 3.71. The van der Waals surface area contributed by atoms with Crippen LogP contribution in [-0.4, -0.2) is 50.3 Å². The smallest absolute Gasteiger partial charge is 0.355 e. The van der Waals surface area contributed by atoms with Gasteiger partial charge < -0.3 is 18.9 Å². The Morgan fingerprint density at radius 2 is 0.595 bits per heavy atom. The second-order valence-corrected chi connectivity index (χ2v) is 9.54. The molecule has 0 aliphatic heterocycles. The van der Waals surface area contributed by atoms with Gasteiger partial charge in [-0.25, -0.2) is 19.2 Å². The predicted molar refractivity (Wildman–Crippen MR) is 143 cm³/mol. The molecule has 8 nitrogen and oxygen atoms in total. The average molecular weight is 529 g/mol. The lowest BCUT2D eigenvalue weighted by atomic mass is 9.88. The SMILES string of the molecule is CCCCCCOC(=O)C(C(=O)OCCCCCC)(C(=O)OCCCCCC)C(=O)OCCCCCC. The van der Waals surface area contributed by atoms with Crippen molar-refractivity contribution >= 4 is 23.9 Å².